The molecule has 0 spiro atoms. The van der Waals surface area contributed by atoms with Crippen LogP contribution in [-0.4, -0.2) is 42.3 Å². The molecule has 2 N–H and O–H groups in total. The molecule has 9 nitrogen and oxygen atoms in total. The van der Waals surface area contributed by atoms with E-state index in [1.807, 2.05) is 30.5 Å². The van der Waals surface area contributed by atoms with Gasteiger partial charge in [0.25, 0.3) is 5.56 Å². The highest BCUT2D eigenvalue weighted by Crippen LogP contribution is 2.36. The second kappa shape index (κ2) is 9.97. The van der Waals surface area contributed by atoms with E-state index in [2.05, 4.69) is 33.1 Å². The Balaban J connectivity index is 1.42. The lowest BCUT2D eigenvalue weighted by Crippen LogP contribution is -2.27. The molecule has 194 valence electrons. The van der Waals surface area contributed by atoms with Crippen LogP contribution >= 0.6 is 0 Å². The molecule has 1 aromatic carbocycles. The molecule has 0 atom stereocenters. The van der Waals surface area contributed by atoms with Crippen LogP contribution in [0.1, 0.15) is 58.1 Å². The van der Waals surface area contributed by atoms with Crippen LogP contribution in [0.4, 0.5) is 5.82 Å². The van der Waals surface area contributed by atoms with E-state index in [0.717, 1.165) is 65.8 Å². The highest BCUT2D eigenvalue weighted by Gasteiger charge is 2.27. The first-order valence-electron chi connectivity index (χ1n) is 12.9. The monoisotopic (exact) mass is 502 g/mol. The molecule has 1 aliphatic rings. The minimum atomic E-state index is -0.896. The first-order valence-corrected chi connectivity index (χ1v) is 12.9. The third-order valence-corrected chi connectivity index (χ3v) is 7.03. The van der Waals surface area contributed by atoms with Crippen molar-refractivity contribution < 1.29 is 9.84 Å². The SMILES string of the molecule is CCNc1cc2c(cn1)c(-c1ccc(C(C)(C)O)cc1)nn2[C@H]1CC[C@@H](Oc2ccc(=O)n(C)n2)CC1. The Bertz CT molecular complexity index is 1440. The van der Waals surface area contributed by atoms with Crippen LogP contribution in [0.25, 0.3) is 22.2 Å². The van der Waals surface area contributed by atoms with Gasteiger partial charge in [-0.1, -0.05) is 24.3 Å². The highest BCUT2D eigenvalue weighted by atomic mass is 16.5. The maximum absolute atomic E-state index is 11.6. The quantitative estimate of drug-likeness (QED) is 0.385. The molecule has 3 heterocycles. The van der Waals surface area contributed by atoms with Crippen LogP contribution in [-0.2, 0) is 12.6 Å². The number of pyridine rings is 1. The number of nitrogens with one attached hydrogen (secondary N) is 1. The molecular formula is C28H34N6O3. The molecule has 9 heteroatoms. The number of aliphatic hydroxyl groups is 1. The molecule has 1 aliphatic carbocycles. The largest absolute Gasteiger partial charge is 0.473 e. The number of nitrogens with zero attached hydrogens (tertiary/aromatic N) is 5. The van der Waals surface area contributed by atoms with E-state index < -0.39 is 5.60 Å². The van der Waals surface area contributed by atoms with Crippen molar-refractivity contribution in [3.8, 4) is 17.1 Å². The Kier molecular flexibility index (Phi) is 6.72. The number of anilines is 1. The van der Waals surface area contributed by atoms with Crippen molar-refractivity contribution in [2.24, 2.45) is 7.05 Å². The molecule has 0 aliphatic heterocycles. The van der Waals surface area contributed by atoms with Crippen molar-refractivity contribution in [1.82, 2.24) is 24.5 Å². The number of fused-ring (bicyclic) bond motifs is 1. The fourth-order valence-corrected chi connectivity index (χ4v) is 4.96. The zero-order valence-corrected chi connectivity index (χ0v) is 21.8. The van der Waals surface area contributed by atoms with Crippen LogP contribution < -0.4 is 15.6 Å². The lowest BCUT2D eigenvalue weighted by molar-refractivity contribution is 0.0786. The molecule has 4 aromatic rings. The molecule has 0 saturated heterocycles. The van der Waals surface area contributed by atoms with Crippen LogP contribution in [0.3, 0.4) is 0 Å². The fourth-order valence-electron chi connectivity index (χ4n) is 4.96. The van der Waals surface area contributed by atoms with E-state index in [4.69, 9.17) is 9.84 Å². The van der Waals surface area contributed by atoms with Gasteiger partial charge >= 0.3 is 0 Å². The lowest BCUT2D eigenvalue weighted by atomic mass is 9.93. The number of aromatic nitrogens is 5. The van der Waals surface area contributed by atoms with Gasteiger partial charge in [-0.3, -0.25) is 9.48 Å². The zero-order valence-electron chi connectivity index (χ0n) is 21.8. The smallest absolute Gasteiger partial charge is 0.266 e. The summed E-state index contributed by atoms with van der Waals surface area (Å²) >= 11 is 0. The highest BCUT2D eigenvalue weighted by molar-refractivity contribution is 5.94. The van der Waals surface area contributed by atoms with E-state index in [-0.39, 0.29) is 17.7 Å². The van der Waals surface area contributed by atoms with E-state index in [1.54, 1.807) is 27.0 Å². The molecular weight excluding hydrogens is 468 g/mol. The Morgan fingerprint density at radius 2 is 1.81 bits per heavy atom. The van der Waals surface area contributed by atoms with Crippen molar-refractivity contribution in [1.29, 1.82) is 0 Å². The third kappa shape index (κ3) is 5.22. The first-order chi connectivity index (χ1) is 17.7. The number of rotatable bonds is 7. The molecule has 37 heavy (non-hydrogen) atoms. The standard InChI is InChI=1S/C28H34N6O3/c1-5-29-24-16-23-22(17-30-24)27(18-6-8-19(9-7-18)28(2,3)36)32-34(23)20-10-12-21(13-11-20)37-25-14-15-26(35)33(4)31-25/h6-9,14-17,20-21,36H,5,10-13H2,1-4H3,(H,29,30)/t20-,21+. The maximum atomic E-state index is 11.6. The van der Waals surface area contributed by atoms with Crippen molar-refractivity contribution in [3.63, 3.8) is 0 Å². The summed E-state index contributed by atoms with van der Waals surface area (Å²) in [7, 11) is 1.63. The topological polar surface area (TPSA) is 107 Å². The third-order valence-electron chi connectivity index (χ3n) is 7.03. The average molecular weight is 503 g/mol. The van der Waals surface area contributed by atoms with Crippen molar-refractivity contribution >= 4 is 16.7 Å². The van der Waals surface area contributed by atoms with Crippen molar-refractivity contribution in [2.45, 2.75) is 64.2 Å². The Labute approximate surface area is 216 Å². The first kappa shape index (κ1) is 25.0. The number of hydrogen-bond acceptors (Lipinski definition) is 7. The Hall–Kier alpha value is -3.72. The molecule has 5 rings (SSSR count). The van der Waals surface area contributed by atoms with E-state index in [9.17, 15) is 9.90 Å². The minimum Gasteiger partial charge on any atom is -0.473 e. The summed E-state index contributed by atoms with van der Waals surface area (Å²) in [5.41, 5.74) is 2.74. The number of aryl methyl sites for hydroxylation is 1. The molecule has 3 aromatic heterocycles. The van der Waals surface area contributed by atoms with Gasteiger partial charge in [0.05, 0.1) is 17.2 Å². The number of hydrogen-bond donors (Lipinski definition) is 2. The lowest BCUT2D eigenvalue weighted by Gasteiger charge is -2.29. The van der Waals surface area contributed by atoms with Gasteiger partial charge in [-0.05, 0) is 52.0 Å². The summed E-state index contributed by atoms with van der Waals surface area (Å²) in [5, 5.41) is 24.0. The normalized spacial score (nSPS) is 18.2. The maximum Gasteiger partial charge on any atom is 0.266 e. The molecule has 1 fully saturated rings. The molecule has 1 saturated carbocycles. The van der Waals surface area contributed by atoms with E-state index in [0.29, 0.717) is 5.88 Å². The second-order valence-corrected chi connectivity index (χ2v) is 10.2. The van der Waals surface area contributed by atoms with Crippen LogP contribution in [0.2, 0.25) is 0 Å². The van der Waals surface area contributed by atoms with Gasteiger partial charge in [0.15, 0.2) is 0 Å². The van der Waals surface area contributed by atoms with Crippen LogP contribution in [0.5, 0.6) is 5.88 Å². The summed E-state index contributed by atoms with van der Waals surface area (Å²) in [4.78, 5) is 16.2. The predicted molar refractivity (Wildman–Crippen MR) is 144 cm³/mol. The van der Waals surface area contributed by atoms with Gasteiger partial charge in [0.1, 0.15) is 17.6 Å². The minimum absolute atomic E-state index is 0.0518. The van der Waals surface area contributed by atoms with Gasteiger partial charge in [-0.15, -0.1) is 5.10 Å². The van der Waals surface area contributed by atoms with Crippen LogP contribution in [0, 0.1) is 0 Å². The fraction of sp³-hybridized carbons (Fsp3) is 0.429. The van der Waals surface area contributed by atoms with Gasteiger partial charge in [-0.2, -0.15) is 5.10 Å². The predicted octanol–water partition coefficient (Wildman–Crippen LogP) is 4.41. The molecule has 0 bridgehead atoms. The zero-order chi connectivity index (χ0) is 26.2. The van der Waals surface area contributed by atoms with Gasteiger partial charge in [-0.25, -0.2) is 9.67 Å². The Morgan fingerprint density at radius 1 is 1.08 bits per heavy atom. The number of benzene rings is 1. The average Bonchev–Trinajstić information content (AvgIpc) is 3.25. The summed E-state index contributed by atoms with van der Waals surface area (Å²) < 4.78 is 9.53. The van der Waals surface area contributed by atoms with Crippen molar-refractivity contribution in [2.75, 3.05) is 11.9 Å². The summed E-state index contributed by atoms with van der Waals surface area (Å²) in [6.07, 6.45) is 5.53. The number of ether oxygens (including phenoxy) is 1. The van der Waals surface area contributed by atoms with Gasteiger partial charge < -0.3 is 15.2 Å². The van der Waals surface area contributed by atoms with Crippen LogP contribution in [0.15, 0.2) is 53.5 Å². The van der Waals surface area contributed by atoms with Gasteiger partial charge in [0, 0.05) is 48.9 Å². The molecule has 0 amide bonds. The summed E-state index contributed by atoms with van der Waals surface area (Å²) in [6.45, 7) is 6.42. The summed E-state index contributed by atoms with van der Waals surface area (Å²) in [5.74, 6) is 1.31. The molecule has 0 radical (unpaired) electrons. The van der Waals surface area contributed by atoms with E-state index in [1.165, 1.54) is 10.7 Å². The second-order valence-electron chi connectivity index (χ2n) is 10.2. The summed E-state index contributed by atoms with van der Waals surface area (Å²) in [6, 6.07) is 13.4. The van der Waals surface area contributed by atoms with Crippen molar-refractivity contribution in [3.05, 3.63) is 64.6 Å². The Morgan fingerprint density at radius 3 is 2.46 bits per heavy atom. The van der Waals surface area contributed by atoms with E-state index >= 15 is 0 Å². The van der Waals surface area contributed by atoms with Gasteiger partial charge in [0.2, 0.25) is 5.88 Å². The molecule has 0 unspecified atom stereocenters.